The molecule has 0 bridgehead atoms. The molecule has 2 N–H and O–H groups in total. The van der Waals surface area contributed by atoms with Crippen LogP contribution in [0.2, 0.25) is 10.0 Å². The first kappa shape index (κ1) is 12.6. The van der Waals surface area contributed by atoms with Crippen LogP contribution in [-0.4, -0.2) is 0 Å². The summed E-state index contributed by atoms with van der Waals surface area (Å²) in [5.74, 6) is 0.819. The van der Waals surface area contributed by atoms with Crippen molar-refractivity contribution in [2.45, 2.75) is 10.6 Å². The highest BCUT2D eigenvalue weighted by atomic mass is 35.5. The van der Waals surface area contributed by atoms with Crippen molar-refractivity contribution in [1.29, 1.82) is 0 Å². The molecule has 0 fully saturated rings. The summed E-state index contributed by atoms with van der Waals surface area (Å²) >= 11 is 13.7. The van der Waals surface area contributed by atoms with Gasteiger partial charge in [0.1, 0.15) is 0 Å². The molecule has 0 amide bonds. The van der Waals surface area contributed by atoms with Crippen molar-refractivity contribution in [1.82, 2.24) is 0 Å². The summed E-state index contributed by atoms with van der Waals surface area (Å²) in [5.41, 5.74) is 7.49. The zero-order valence-electron chi connectivity index (χ0n) is 8.99. The van der Waals surface area contributed by atoms with Crippen molar-refractivity contribution in [3.8, 4) is 0 Å². The van der Waals surface area contributed by atoms with E-state index in [4.69, 9.17) is 28.9 Å². The summed E-state index contributed by atoms with van der Waals surface area (Å²) in [7, 11) is 0. The molecule has 0 atom stereocenters. The third kappa shape index (κ3) is 3.56. The van der Waals surface area contributed by atoms with Gasteiger partial charge in [0, 0.05) is 26.4 Å². The maximum Gasteiger partial charge on any atom is 0.0461 e. The van der Waals surface area contributed by atoms with E-state index >= 15 is 0 Å². The second-order valence-electron chi connectivity index (χ2n) is 3.59. The summed E-state index contributed by atoms with van der Waals surface area (Å²) in [6.07, 6.45) is 0. The van der Waals surface area contributed by atoms with Crippen LogP contribution in [0.4, 0.5) is 5.69 Å². The lowest BCUT2D eigenvalue weighted by Gasteiger charge is -2.05. The molecule has 2 rings (SSSR count). The van der Waals surface area contributed by atoms with Gasteiger partial charge in [-0.15, -0.1) is 11.8 Å². The lowest BCUT2D eigenvalue weighted by atomic mass is 10.2. The van der Waals surface area contributed by atoms with Gasteiger partial charge in [-0.25, -0.2) is 0 Å². The Balaban J connectivity index is 2.04. The standard InChI is InChI=1S/C13H11Cl2NS/c14-10-2-1-9(13(15)7-10)8-17-12-5-3-11(16)4-6-12/h1-7H,8,16H2. The van der Waals surface area contributed by atoms with E-state index in [9.17, 15) is 0 Å². The van der Waals surface area contributed by atoms with Gasteiger partial charge in [0.15, 0.2) is 0 Å². The van der Waals surface area contributed by atoms with Crippen molar-refractivity contribution >= 4 is 40.7 Å². The van der Waals surface area contributed by atoms with E-state index in [0.717, 1.165) is 17.0 Å². The zero-order valence-corrected chi connectivity index (χ0v) is 11.3. The van der Waals surface area contributed by atoms with Gasteiger partial charge in [0.2, 0.25) is 0 Å². The van der Waals surface area contributed by atoms with E-state index in [2.05, 4.69) is 0 Å². The molecule has 0 aliphatic heterocycles. The zero-order chi connectivity index (χ0) is 12.3. The molecule has 1 nitrogen and oxygen atoms in total. The molecule has 0 aliphatic rings. The largest absolute Gasteiger partial charge is 0.399 e. The average molecular weight is 284 g/mol. The molecule has 0 radical (unpaired) electrons. The predicted octanol–water partition coefficient (Wildman–Crippen LogP) is 4.87. The van der Waals surface area contributed by atoms with Crippen LogP contribution < -0.4 is 5.73 Å². The minimum atomic E-state index is 0.663. The van der Waals surface area contributed by atoms with Gasteiger partial charge < -0.3 is 5.73 Å². The Bertz CT molecular complexity index is 511. The molecule has 88 valence electrons. The van der Waals surface area contributed by atoms with E-state index in [1.54, 1.807) is 17.8 Å². The Morgan fingerprint density at radius 1 is 1.00 bits per heavy atom. The molecule has 0 unspecified atom stereocenters. The Labute approximate surface area is 115 Å². The lowest BCUT2D eigenvalue weighted by Crippen LogP contribution is -1.85. The maximum atomic E-state index is 6.10. The van der Waals surface area contributed by atoms with Crippen molar-refractivity contribution < 1.29 is 0 Å². The van der Waals surface area contributed by atoms with Crippen LogP contribution in [-0.2, 0) is 5.75 Å². The van der Waals surface area contributed by atoms with Crippen LogP contribution in [0.25, 0.3) is 0 Å². The summed E-state index contributed by atoms with van der Waals surface area (Å²) in [6, 6.07) is 13.4. The molecule has 0 spiro atoms. The summed E-state index contributed by atoms with van der Waals surface area (Å²) in [4.78, 5) is 1.17. The molecular weight excluding hydrogens is 273 g/mol. The molecule has 2 aromatic rings. The highest BCUT2D eigenvalue weighted by Gasteiger charge is 2.02. The van der Waals surface area contributed by atoms with Gasteiger partial charge in [-0.3, -0.25) is 0 Å². The Hall–Kier alpha value is -0.830. The van der Waals surface area contributed by atoms with Crippen molar-refractivity contribution in [3.63, 3.8) is 0 Å². The van der Waals surface area contributed by atoms with E-state index in [-0.39, 0.29) is 0 Å². The van der Waals surface area contributed by atoms with Crippen LogP contribution in [0, 0.1) is 0 Å². The van der Waals surface area contributed by atoms with Gasteiger partial charge in [-0.2, -0.15) is 0 Å². The molecular formula is C13H11Cl2NS. The predicted molar refractivity (Wildman–Crippen MR) is 76.9 cm³/mol. The number of anilines is 1. The fraction of sp³-hybridized carbons (Fsp3) is 0.0769. The smallest absolute Gasteiger partial charge is 0.0461 e. The third-order valence-corrected chi connectivity index (χ3v) is 3.94. The Morgan fingerprint density at radius 3 is 2.35 bits per heavy atom. The van der Waals surface area contributed by atoms with Gasteiger partial charge in [0.05, 0.1) is 0 Å². The quantitative estimate of drug-likeness (QED) is 0.643. The number of hydrogen-bond acceptors (Lipinski definition) is 2. The minimum Gasteiger partial charge on any atom is -0.399 e. The van der Waals surface area contributed by atoms with Crippen molar-refractivity contribution in [3.05, 3.63) is 58.1 Å². The lowest BCUT2D eigenvalue weighted by molar-refractivity contribution is 1.38. The van der Waals surface area contributed by atoms with Crippen LogP contribution >= 0.6 is 35.0 Å². The van der Waals surface area contributed by atoms with Gasteiger partial charge >= 0.3 is 0 Å². The van der Waals surface area contributed by atoms with Crippen LogP contribution in [0.3, 0.4) is 0 Å². The summed E-state index contributed by atoms with van der Waals surface area (Å²) < 4.78 is 0. The van der Waals surface area contributed by atoms with E-state index in [1.807, 2.05) is 36.4 Å². The number of benzene rings is 2. The van der Waals surface area contributed by atoms with Crippen molar-refractivity contribution in [2.75, 3.05) is 5.73 Å². The number of rotatable bonds is 3. The fourth-order valence-corrected chi connectivity index (χ4v) is 2.82. The van der Waals surface area contributed by atoms with Gasteiger partial charge in [0.25, 0.3) is 0 Å². The number of hydrogen-bond donors (Lipinski definition) is 1. The molecule has 0 saturated heterocycles. The maximum absolute atomic E-state index is 6.10. The second kappa shape index (κ2) is 5.67. The number of nitrogen functional groups attached to an aromatic ring is 1. The topological polar surface area (TPSA) is 26.0 Å². The molecule has 4 heteroatoms. The average Bonchev–Trinajstić information content (AvgIpc) is 2.30. The molecule has 17 heavy (non-hydrogen) atoms. The van der Waals surface area contributed by atoms with Gasteiger partial charge in [-0.05, 0) is 42.0 Å². The third-order valence-electron chi connectivity index (χ3n) is 2.29. The first-order valence-corrected chi connectivity index (χ1v) is 6.81. The van der Waals surface area contributed by atoms with E-state index in [0.29, 0.717) is 10.0 Å². The molecule has 0 aromatic heterocycles. The van der Waals surface area contributed by atoms with E-state index < -0.39 is 0 Å². The number of thioether (sulfide) groups is 1. The second-order valence-corrected chi connectivity index (χ2v) is 5.49. The summed E-state index contributed by atoms with van der Waals surface area (Å²) in [5, 5.41) is 1.37. The first-order valence-electron chi connectivity index (χ1n) is 5.07. The Morgan fingerprint density at radius 2 is 1.71 bits per heavy atom. The minimum absolute atomic E-state index is 0.663. The van der Waals surface area contributed by atoms with Crippen LogP contribution in [0.5, 0.6) is 0 Å². The monoisotopic (exact) mass is 283 g/mol. The van der Waals surface area contributed by atoms with Gasteiger partial charge in [-0.1, -0.05) is 29.3 Å². The number of halogens is 2. The fourth-order valence-electron chi connectivity index (χ4n) is 1.36. The normalized spacial score (nSPS) is 10.5. The SMILES string of the molecule is Nc1ccc(SCc2ccc(Cl)cc2Cl)cc1. The van der Waals surface area contributed by atoms with Crippen LogP contribution in [0.1, 0.15) is 5.56 Å². The molecule has 2 aromatic carbocycles. The molecule has 0 saturated carbocycles. The van der Waals surface area contributed by atoms with E-state index in [1.165, 1.54) is 4.90 Å². The first-order chi connectivity index (χ1) is 8.15. The Kier molecular flexibility index (Phi) is 4.21. The highest BCUT2D eigenvalue weighted by molar-refractivity contribution is 7.98. The highest BCUT2D eigenvalue weighted by Crippen LogP contribution is 2.28. The van der Waals surface area contributed by atoms with Crippen LogP contribution in [0.15, 0.2) is 47.4 Å². The molecule has 0 heterocycles. The van der Waals surface area contributed by atoms with Crippen molar-refractivity contribution in [2.24, 2.45) is 0 Å². The summed E-state index contributed by atoms with van der Waals surface area (Å²) in [6.45, 7) is 0. The molecule has 0 aliphatic carbocycles. The number of nitrogens with two attached hydrogens (primary N) is 1.